The van der Waals surface area contributed by atoms with Crippen LogP contribution in [0, 0.1) is 21.7 Å². The van der Waals surface area contributed by atoms with Crippen LogP contribution in [0.2, 0.25) is 0 Å². The largest absolute Gasteiger partial charge is 0.338 e. The van der Waals surface area contributed by atoms with Crippen molar-refractivity contribution >= 4 is 18.2 Å². The van der Waals surface area contributed by atoms with Gasteiger partial charge in [0.1, 0.15) is 0 Å². The Morgan fingerprint density at radius 2 is 1.13 bits per heavy atom. The maximum Gasteiger partial charge on any atom is 0.314 e. The zero-order valence-electron chi connectivity index (χ0n) is 19.4. The molecule has 2 fully saturated rings. The molecule has 0 unspecified atom stereocenters. The first-order valence-corrected chi connectivity index (χ1v) is 11.0. The number of carbonyl (C=O) groups is 1. The van der Waals surface area contributed by atoms with E-state index in [1.165, 1.54) is 0 Å². The second-order valence-corrected chi connectivity index (χ2v) is 11.9. The van der Waals surface area contributed by atoms with E-state index in [1.807, 2.05) is 0 Å². The Morgan fingerprint density at radius 1 is 0.767 bits per heavy atom. The number of aliphatic imine (C=N–C) groups is 2. The van der Waals surface area contributed by atoms with Gasteiger partial charge in [-0.15, -0.1) is 0 Å². The highest BCUT2D eigenvalue weighted by Gasteiger charge is 2.43. The Kier molecular flexibility index (Phi) is 7.32. The van der Waals surface area contributed by atoms with Crippen LogP contribution in [0.15, 0.2) is 9.98 Å². The Hall–Kier alpha value is -1.97. The van der Waals surface area contributed by atoms with Crippen LogP contribution in [0.5, 0.6) is 0 Å². The molecule has 30 heavy (non-hydrogen) atoms. The molecule has 2 aliphatic rings. The molecule has 0 aromatic rings. The summed E-state index contributed by atoms with van der Waals surface area (Å²) in [7, 11) is 0. The molecule has 0 saturated heterocycles. The highest BCUT2D eigenvalue weighted by Crippen LogP contribution is 2.47. The summed E-state index contributed by atoms with van der Waals surface area (Å²) in [5.41, 5.74) is -0.119. The van der Waals surface area contributed by atoms with Crippen LogP contribution in [0.4, 0.5) is 4.79 Å². The van der Waals surface area contributed by atoms with Gasteiger partial charge < -0.3 is 10.6 Å². The molecule has 7 nitrogen and oxygen atoms in total. The summed E-state index contributed by atoms with van der Waals surface area (Å²) in [5, 5.41) is 6.06. The maximum atomic E-state index is 12.6. The van der Waals surface area contributed by atoms with Crippen molar-refractivity contribution in [3.8, 4) is 0 Å². The van der Waals surface area contributed by atoms with Crippen LogP contribution >= 0.6 is 0 Å². The van der Waals surface area contributed by atoms with E-state index in [2.05, 4.69) is 62.2 Å². The quantitative estimate of drug-likeness (QED) is 0.501. The van der Waals surface area contributed by atoms with Crippen molar-refractivity contribution in [2.45, 2.75) is 92.2 Å². The summed E-state index contributed by atoms with van der Waals surface area (Å²) >= 11 is 0. The van der Waals surface area contributed by atoms with Gasteiger partial charge in [0.2, 0.25) is 12.2 Å². The monoisotopic (exact) mass is 418 g/mol. The fourth-order valence-corrected chi connectivity index (χ4v) is 6.41. The zero-order valence-corrected chi connectivity index (χ0v) is 19.4. The average Bonchev–Trinajstić information content (AvgIpc) is 2.55. The van der Waals surface area contributed by atoms with E-state index in [9.17, 15) is 14.4 Å². The normalized spacial score (nSPS) is 34.7. The second-order valence-electron chi connectivity index (χ2n) is 11.9. The van der Waals surface area contributed by atoms with Gasteiger partial charge in [-0.25, -0.2) is 24.4 Å². The van der Waals surface area contributed by atoms with Crippen LogP contribution in [-0.2, 0) is 9.59 Å². The average molecular weight is 419 g/mol. The van der Waals surface area contributed by atoms with E-state index in [1.54, 1.807) is 12.2 Å². The standard InChI is InChI=1S/C23H38N4O3/c1-20(2)7-17(26-15-28)9-22(5,11-20)13-24-19(30)25-14-23(6)10-18(27-16-29)8-21(3,4)12-23/h17-18H,7-14H2,1-6H3,(H2,24,25,30)/t17-,18-,22-,23+/m1/s1. The molecule has 0 aliphatic heterocycles. The lowest BCUT2D eigenvalue weighted by Crippen LogP contribution is -2.50. The number of nitrogens with zero attached hydrogens (tertiary/aromatic N) is 2. The Labute approximate surface area is 180 Å². The lowest BCUT2D eigenvalue weighted by molar-refractivity contribution is 0.0805. The van der Waals surface area contributed by atoms with E-state index in [4.69, 9.17) is 0 Å². The summed E-state index contributed by atoms with van der Waals surface area (Å²) in [6, 6.07) is -0.269. The molecule has 0 radical (unpaired) electrons. The number of amides is 2. The van der Waals surface area contributed by atoms with Crippen LogP contribution in [-0.4, -0.2) is 43.4 Å². The smallest absolute Gasteiger partial charge is 0.314 e. The summed E-state index contributed by atoms with van der Waals surface area (Å²) in [5.74, 6) is 0. The zero-order chi connectivity index (χ0) is 22.6. The van der Waals surface area contributed by atoms with Gasteiger partial charge in [-0.3, -0.25) is 0 Å². The number of rotatable bonds is 6. The maximum absolute atomic E-state index is 12.6. The third kappa shape index (κ3) is 7.07. The summed E-state index contributed by atoms with van der Waals surface area (Å²) in [4.78, 5) is 42.0. The molecule has 0 spiro atoms. The van der Waals surface area contributed by atoms with Crippen LogP contribution < -0.4 is 10.6 Å². The van der Waals surface area contributed by atoms with Gasteiger partial charge in [-0.2, -0.15) is 0 Å². The molecule has 2 amide bonds. The van der Waals surface area contributed by atoms with Crippen molar-refractivity contribution in [2.24, 2.45) is 31.6 Å². The van der Waals surface area contributed by atoms with E-state index in [-0.39, 0.29) is 39.8 Å². The van der Waals surface area contributed by atoms with Gasteiger partial charge in [0, 0.05) is 13.1 Å². The Morgan fingerprint density at radius 3 is 1.47 bits per heavy atom. The van der Waals surface area contributed by atoms with Gasteiger partial charge in [0.05, 0.1) is 12.1 Å². The van der Waals surface area contributed by atoms with E-state index < -0.39 is 0 Å². The first-order chi connectivity index (χ1) is 13.8. The molecule has 2 N–H and O–H groups in total. The van der Waals surface area contributed by atoms with E-state index in [0.29, 0.717) is 13.1 Å². The third-order valence-corrected chi connectivity index (χ3v) is 6.67. The molecular weight excluding hydrogens is 380 g/mol. The molecular formula is C23H38N4O3. The predicted octanol–water partition coefficient (Wildman–Crippen LogP) is 4.13. The molecule has 2 rings (SSSR count). The number of isocyanates is 2. The molecule has 7 heteroatoms. The molecule has 2 saturated carbocycles. The molecule has 168 valence electrons. The Balaban J connectivity index is 1.92. The van der Waals surface area contributed by atoms with Crippen LogP contribution in [0.3, 0.4) is 0 Å². The van der Waals surface area contributed by atoms with Gasteiger partial charge in [0.25, 0.3) is 0 Å². The minimum Gasteiger partial charge on any atom is -0.338 e. The lowest BCUT2D eigenvalue weighted by Gasteiger charge is -2.46. The number of hydrogen-bond donors (Lipinski definition) is 2. The predicted molar refractivity (Wildman–Crippen MR) is 117 cm³/mol. The fraction of sp³-hybridized carbons (Fsp3) is 0.870. The fourth-order valence-electron chi connectivity index (χ4n) is 6.41. The lowest BCUT2D eigenvalue weighted by atomic mass is 9.62. The van der Waals surface area contributed by atoms with E-state index in [0.717, 1.165) is 38.5 Å². The van der Waals surface area contributed by atoms with Crippen LogP contribution in [0.25, 0.3) is 0 Å². The number of hydrogen-bond acceptors (Lipinski definition) is 5. The van der Waals surface area contributed by atoms with Gasteiger partial charge in [-0.05, 0) is 60.2 Å². The first kappa shape index (κ1) is 24.3. The van der Waals surface area contributed by atoms with Gasteiger partial charge in [0.15, 0.2) is 0 Å². The molecule has 0 aromatic heterocycles. The Bertz CT molecular complexity index is 677. The van der Waals surface area contributed by atoms with Gasteiger partial charge in [-0.1, -0.05) is 41.5 Å². The van der Waals surface area contributed by atoms with E-state index >= 15 is 0 Å². The third-order valence-electron chi connectivity index (χ3n) is 6.67. The minimum atomic E-state index is -0.185. The minimum absolute atomic E-state index is 0.0419. The molecule has 0 aromatic carbocycles. The van der Waals surface area contributed by atoms with Crippen molar-refractivity contribution in [3.05, 3.63) is 0 Å². The van der Waals surface area contributed by atoms with Crippen molar-refractivity contribution in [1.29, 1.82) is 0 Å². The highest BCUT2D eigenvalue weighted by molar-refractivity contribution is 5.73. The number of carbonyl (C=O) groups excluding carboxylic acids is 3. The summed E-state index contributed by atoms with van der Waals surface area (Å²) in [6.07, 6.45) is 8.59. The number of nitrogens with one attached hydrogen (secondary N) is 2. The summed E-state index contributed by atoms with van der Waals surface area (Å²) in [6.45, 7) is 14.1. The van der Waals surface area contributed by atoms with Crippen LogP contribution in [0.1, 0.15) is 80.1 Å². The summed E-state index contributed by atoms with van der Waals surface area (Å²) < 4.78 is 0. The molecule has 4 atom stereocenters. The SMILES string of the molecule is CC1(C)C[C@@H](N=C=O)C[C@](C)(CNC(=O)NC[C@]2(C)C[C@H](N=C=O)CC(C)(C)C2)C1. The molecule has 2 aliphatic carbocycles. The molecule has 0 bridgehead atoms. The topological polar surface area (TPSA) is 100.0 Å². The number of urea groups is 1. The van der Waals surface area contributed by atoms with Crippen molar-refractivity contribution in [3.63, 3.8) is 0 Å². The second kappa shape index (κ2) is 9.03. The van der Waals surface area contributed by atoms with Crippen molar-refractivity contribution in [2.75, 3.05) is 13.1 Å². The highest BCUT2D eigenvalue weighted by atomic mass is 16.2. The first-order valence-electron chi connectivity index (χ1n) is 11.0. The van der Waals surface area contributed by atoms with Gasteiger partial charge >= 0.3 is 6.03 Å². The molecule has 0 heterocycles. The van der Waals surface area contributed by atoms with Crippen molar-refractivity contribution in [1.82, 2.24) is 10.6 Å². The van der Waals surface area contributed by atoms with Crippen molar-refractivity contribution < 1.29 is 14.4 Å².